The van der Waals surface area contributed by atoms with Gasteiger partial charge < -0.3 is 20.7 Å². The number of carbonyl (C=O) groups excluding carboxylic acids is 2. The number of hydrogen-bond acceptors (Lipinski definition) is 5. The quantitative estimate of drug-likeness (QED) is 0.720. The summed E-state index contributed by atoms with van der Waals surface area (Å²) in [5.74, 6) is -2.62. The SMILES string of the molecule is NC1C2CN(c3c(F)cc(N4CC(CNC(=O)C(F)F)OC4=O)cc3F)CC12. The Morgan fingerprint density at radius 2 is 1.82 bits per heavy atom. The molecular weight excluding hydrogens is 384 g/mol. The van der Waals surface area contributed by atoms with Gasteiger partial charge in [-0.2, -0.15) is 8.78 Å². The molecule has 3 N–H and O–H groups in total. The van der Waals surface area contributed by atoms with E-state index in [4.69, 9.17) is 10.5 Å². The van der Waals surface area contributed by atoms with Crippen LogP contribution in [0.3, 0.4) is 0 Å². The fourth-order valence-corrected chi connectivity index (χ4v) is 3.90. The van der Waals surface area contributed by atoms with E-state index < -0.39 is 36.2 Å². The number of fused-ring (bicyclic) bond motifs is 1. The Balaban J connectivity index is 1.44. The van der Waals surface area contributed by atoms with Crippen molar-refractivity contribution in [3.8, 4) is 0 Å². The number of anilines is 2. The molecule has 11 heteroatoms. The zero-order chi connectivity index (χ0) is 20.2. The van der Waals surface area contributed by atoms with Crippen LogP contribution in [-0.2, 0) is 9.53 Å². The normalized spacial score (nSPS) is 28.6. The van der Waals surface area contributed by atoms with Crippen LogP contribution < -0.4 is 20.9 Å². The highest BCUT2D eigenvalue weighted by atomic mass is 19.3. The van der Waals surface area contributed by atoms with Crippen molar-refractivity contribution in [1.29, 1.82) is 0 Å². The molecular formula is C17H18F4N4O3. The molecule has 1 aromatic carbocycles. The summed E-state index contributed by atoms with van der Waals surface area (Å²) in [6.07, 6.45) is -4.97. The molecule has 2 aliphatic heterocycles. The third-order valence-electron chi connectivity index (χ3n) is 5.47. The summed E-state index contributed by atoms with van der Waals surface area (Å²) in [7, 11) is 0. The van der Waals surface area contributed by atoms with Crippen LogP contribution in [0.4, 0.5) is 33.7 Å². The molecule has 1 aromatic rings. The monoisotopic (exact) mass is 402 g/mol. The van der Waals surface area contributed by atoms with E-state index in [9.17, 15) is 27.2 Å². The standard InChI is InChI=1S/C17H18F4N4O3/c18-11-1-7(2-12(19)14(11)24-5-9-10(6-24)13(9)22)25-4-8(28-17(25)27)3-23-16(26)15(20)21/h1-2,8-10,13,15H,3-6,22H2,(H,23,26). The lowest BCUT2D eigenvalue weighted by Crippen LogP contribution is -2.37. The zero-order valence-corrected chi connectivity index (χ0v) is 14.6. The Bertz CT molecular complexity index is 789. The fraction of sp³-hybridized carbons (Fsp3) is 0.529. The van der Waals surface area contributed by atoms with Gasteiger partial charge in [-0.15, -0.1) is 0 Å². The number of cyclic esters (lactones) is 1. The Morgan fingerprint density at radius 1 is 1.21 bits per heavy atom. The Morgan fingerprint density at radius 3 is 2.39 bits per heavy atom. The molecule has 0 spiro atoms. The Hall–Kier alpha value is -2.56. The largest absolute Gasteiger partial charge is 0.442 e. The summed E-state index contributed by atoms with van der Waals surface area (Å²) < 4.78 is 58.5. The number of amides is 2. The molecule has 3 atom stereocenters. The molecule has 0 bridgehead atoms. The van der Waals surface area contributed by atoms with Crippen molar-refractivity contribution >= 4 is 23.4 Å². The lowest BCUT2D eigenvalue weighted by molar-refractivity contribution is -0.132. The van der Waals surface area contributed by atoms with E-state index >= 15 is 0 Å². The molecule has 0 aromatic heterocycles. The van der Waals surface area contributed by atoms with E-state index in [0.717, 1.165) is 17.0 Å². The van der Waals surface area contributed by atoms with Gasteiger partial charge in [-0.25, -0.2) is 13.6 Å². The number of nitrogens with zero attached hydrogens (tertiary/aromatic N) is 2. The molecule has 1 saturated carbocycles. The Kier molecular flexibility index (Phi) is 4.56. The summed E-state index contributed by atoms with van der Waals surface area (Å²) in [6.45, 7) is 0.502. The summed E-state index contributed by atoms with van der Waals surface area (Å²) in [5.41, 5.74) is 5.64. The van der Waals surface area contributed by atoms with E-state index in [1.54, 1.807) is 4.90 Å². The Labute approximate surface area is 157 Å². The van der Waals surface area contributed by atoms with Gasteiger partial charge in [-0.3, -0.25) is 9.69 Å². The number of nitrogens with two attached hydrogens (primary N) is 1. The molecule has 1 aliphatic carbocycles. The molecule has 152 valence electrons. The summed E-state index contributed by atoms with van der Waals surface area (Å²) in [5, 5.41) is 1.94. The van der Waals surface area contributed by atoms with Crippen molar-refractivity contribution in [1.82, 2.24) is 5.32 Å². The molecule has 28 heavy (non-hydrogen) atoms. The minimum absolute atomic E-state index is 0.0486. The zero-order valence-electron chi connectivity index (χ0n) is 14.6. The van der Waals surface area contributed by atoms with Crippen LogP contribution in [0.15, 0.2) is 12.1 Å². The minimum Gasteiger partial charge on any atom is -0.442 e. The number of nitrogens with one attached hydrogen (secondary N) is 1. The minimum atomic E-state index is -3.19. The van der Waals surface area contributed by atoms with Gasteiger partial charge in [0, 0.05) is 31.3 Å². The van der Waals surface area contributed by atoms with Crippen LogP contribution in [0.1, 0.15) is 0 Å². The van der Waals surface area contributed by atoms with Crippen molar-refractivity contribution in [2.24, 2.45) is 17.6 Å². The summed E-state index contributed by atoms with van der Waals surface area (Å²) >= 11 is 0. The van der Waals surface area contributed by atoms with Gasteiger partial charge in [-0.05, 0) is 11.8 Å². The van der Waals surface area contributed by atoms with Crippen molar-refractivity contribution in [2.45, 2.75) is 18.6 Å². The van der Waals surface area contributed by atoms with Crippen molar-refractivity contribution in [3.05, 3.63) is 23.8 Å². The van der Waals surface area contributed by atoms with Gasteiger partial charge in [-0.1, -0.05) is 0 Å². The highest BCUT2D eigenvalue weighted by Crippen LogP contribution is 2.46. The second kappa shape index (κ2) is 6.80. The van der Waals surface area contributed by atoms with Crippen molar-refractivity contribution in [2.75, 3.05) is 36.0 Å². The maximum absolute atomic E-state index is 14.6. The van der Waals surface area contributed by atoms with Crippen molar-refractivity contribution in [3.63, 3.8) is 0 Å². The number of rotatable bonds is 5. The second-order valence-electron chi connectivity index (χ2n) is 7.23. The number of halogens is 4. The average molecular weight is 402 g/mol. The second-order valence-corrected chi connectivity index (χ2v) is 7.23. The van der Waals surface area contributed by atoms with Crippen molar-refractivity contribution < 1.29 is 31.9 Å². The number of alkyl halides is 2. The predicted molar refractivity (Wildman–Crippen MR) is 90.2 cm³/mol. The molecule has 3 fully saturated rings. The predicted octanol–water partition coefficient (Wildman–Crippen LogP) is 1.06. The van der Waals surface area contributed by atoms with Crippen LogP contribution in [-0.4, -0.2) is 56.8 Å². The molecule has 2 amide bonds. The first-order chi connectivity index (χ1) is 13.3. The third-order valence-corrected chi connectivity index (χ3v) is 5.47. The summed E-state index contributed by atoms with van der Waals surface area (Å²) in [4.78, 5) is 25.5. The van der Waals surface area contributed by atoms with Crippen LogP contribution in [0.2, 0.25) is 0 Å². The van der Waals surface area contributed by atoms with Crippen LogP contribution in [0, 0.1) is 23.5 Å². The van der Waals surface area contributed by atoms with E-state index in [-0.39, 0.29) is 42.3 Å². The lowest BCUT2D eigenvalue weighted by Gasteiger charge is -2.24. The number of hydrogen-bond donors (Lipinski definition) is 2. The average Bonchev–Trinajstić information content (AvgIpc) is 3.00. The highest BCUT2D eigenvalue weighted by Gasteiger charge is 2.54. The lowest BCUT2D eigenvalue weighted by atomic mass is 10.2. The van der Waals surface area contributed by atoms with Gasteiger partial charge in [0.2, 0.25) is 0 Å². The van der Waals surface area contributed by atoms with Gasteiger partial charge in [0.1, 0.15) is 11.8 Å². The van der Waals surface area contributed by atoms with Crippen LogP contribution in [0.5, 0.6) is 0 Å². The topological polar surface area (TPSA) is 87.9 Å². The maximum Gasteiger partial charge on any atom is 0.414 e. The van der Waals surface area contributed by atoms with Gasteiger partial charge in [0.25, 0.3) is 5.91 Å². The molecule has 2 heterocycles. The number of piperidine rings is 1. The van der Waals surface area contributed by atoms with Crippen LogP contribution >= 0.6 is 0 Å². The van der Waals surface area contributed by atoms with E-state index in [1.165, 1.54) is 0 Å². The maximum atomic E-state index is 14.6. The number of ether oxygens (including phenoxy) is 1. The van der Waals surface area contributed by atoms with Gasteiger partial charge in [0.15, 0.2) is 11.6 Å². The number of benzene rings is 1. The first-order valence-electron chi connectivity index (χ1n) is 8.80. The first kappa shape index (κ1) is 18.8. The van der Waals surface area contributed by atoms with Crippen LogP contribution in [0.25, 0.3) is 0 Å². The molecule has 3 aliphatic rings. The molecule has 3 unspecified atom stereocenters. The molecule has 4 rings (SSSR count). The van der Waals surface area contributed by atoms with E-state index in [2.05, 4.69) is 0 Å². The molecule has 2 saturated heterocycles. The molecule has 7 nitrogen and oxygen atoms in total. The third kappa shape index (κ3) is 3.23. The molecule has 0 radical (unpaired) electrons. The number of carbonyl (C=O) groups is 2. The highest BCUT2D eigenvalue weighted by molar-refractivity contribution is 5.90. The van der Waals surface area contributed by atoms with E-state index in [0.29, 0.717) is 13.1 Å². The van der Waals surface area contributed by atoms with Gasteiger partial charge >= 0.3 is 12.5 Å². The van der Waals surface area contributed by atoms with E-state index in [1.807, 2.05) is 5.32 Å². The first-order valence-corrected chi connectivity index (χ1v) is 8.80. The van der Waals surface area contributed by atoms with Gasteiger partial charge in [0.05, 0.1) is 18.8 Å². The fourth-order valence-electron chi connectivity index (χ4n) is 3.90. The smallest absolute Gasteiger partial charge is 0.414 e. The summed E-state index contributed by atoms with van der Waals surface area (Å²) in [6, 6.07) is 2.15.